The van der Waals surface area contributed by atoms with Crippen LogP contribution in [0.15, 0.2) is 24.6 Å². The molecule has 4 atom stereocenters. The van der Waals surface area contributed by atoms with Gasteiger partial charge in [0.15, 0.2) is 5.60 Å². The van der Waals surface area contributed by atoms with Gasteiger partial charge in [-0.15, -0.1) is 0 Å². The molecule has 0 aromatic rings. The third-order valence-corrected chi connectivity index (χ3v) is 2.84. The summed E-state index contributed by atoms with van der Waals surface area (Å²) in [5.41, 5.74) is -1.63. The lowest BCUT2D eigenvalue weighted by Crippen LogP contribution is -2.59. The SMILES string of the molecule is C=C1O[C@@H](N2C=CC(=O)NC2O)[C@](C)(O)[C@@H]1O. The van der Waals surface area contributed by atoms with Gasteiger partial charge in [-0.05, 0) is 6.92 Å². The van der Waals surface area contributed by atoms with Crippen LogP contribution in [0.4, 0.5) is 0 Å². The summed E-state index contributed by atoms with van der Waals surface area (Å²) in [6.07, 6.45) is -1.15. The molecule has 0 aromatic heterocycles. The number of rotatable bonds is 1. The second kappa shape index (κ2) is 3.73. The van der Waals surface area contributed by atoms with Gasteiger partial charge in [0.25, 0.3) is 0 Å². The largest absolute Gasteiger partial charge is 0.469 e. The fourth-order valence-corrected chi connectivity index (χ4v) is 1.84. The first kappa shape index (κ1) is 11.9. The molecule has 1 saturated heterocycles. The molecule has 2 heterocycles. The van der Waals surface area contributed by atoms with Crippen LogP contribution in [-0.2, 0) is 9.53 Å². The lowest BCUT2D eigenvalue weighted by Gasteiger charge is -2.38. The Kier molecular flexibility index (Phi) is 2.61. The Labute approximate surface area is 97.6 Å². The number of carbonyl (C=O) groups is 1. The molecule has 1 fully saturated rings. The summed E-state index contributed by atoms with van der Waals surface area (Å²) in [7, 11) is 0. The van der Waals surface area contributed by atoms with Gasteiger partial charge in [0.2, 0.25) is 18.5 Å². The van der Waals surface area contributed by atoms with E-state index in [1.54, 1.807) is 0 Å². The van der Waals surface area contributed by atoms with Crippen LogP contribution in [0.1, 0.15) is 6.92 Å². The summed E-state index contributed by atoms with van der Waals surface area (Å²) >= 11 is 0. The van der Waals surface area contributed by atoms with Crippen LogP contribution in [0, 0.1) is 0 Å². The standard InChI is InChI=1S/C10H14N2O5/c1-5-7(14)10(2,16)8(17-5)12-4-3-6(13)11-9(12)15/h3-4,7-9,14-16H,1H2,2H3,(H,11,13)/t7-,8-,9?,10-/m1/s1. The van der Waals surface area contributed by atoms with Crippen LogP contribution < -0.4 is 5.32 Å². The molecule has 2 aliphatic rings. The van der Waals surface area contributed by atoms with Crippen molar-refractivity contribution in [2.75, 3.05) is 0 Å². The van der Waals surface area contributed by atoms with Crippen molar-refractivity contribution in [3.05, 3.63) is 24.6 Å². The minimum absolute atomic E-state index is 0.0116. The van der Waals surface area contributed by atoms with Crippen molar-refractivity contribution in [3.63, 3.8) is 0 Å². The second-order valence-electron chi connectivity index (χ2n) is 4.21. The first-order chi connectivity index (χ1) is 7.84. The number of ether oxygens (including phenoxy) is 1. The van der Waals surface area contributed by atoms with E-state index in [9.17, 15) is 20.1 Å². The Morgan fingerprint density at radius 2 is 2.24 bits per heavy atom. The van der Waals surface area contributed by atoms with Crippen LogP contribution >= 0.6 is 0 Å². The molecule has 0 spiro atoms. The van der Waals surface area contributed by atoms with Crippen molar-refractivity contribution in [1.29, 1.82) is 0 Å². The fraction of sp³-hybridized carbons (Fsp3) is 0.500. The summed E-state index contributed by atoms with van der Waals surface area (Å²) < 4.78 is 5.20. The Morgan fingerprint density at radius 1 is 1.59 bits per heavy atom. The van der Waals surface area contributed by atoms with Crippen molar-refractivity contribution >= 4 is 5.91 Å². The van der Waals surface area contributed by atoms with Crippen LogP contribution in [-0.4, -0.2) is 50.4 Å². The van der Waals surface area contributed by atoms with Crippen molar-refractivity contribution in [2.24, 2.45) is 0 Å². The van der Waals surface area contributed by atoms with Gasteiger partial charge in [0.1, 0.15) is 11.9 Å². The minimum atomic E-state index is -1.63. The van der Waals surface area contributed by atoms with Gasteiger partial charge in [0.05, 0.1) is 0 Å². The molecule has 2 rings (SSSR count). The van der Waals surface area contributed by atoms with E-state index in [1.807, 2.05) is 0 Å². The number of aliphatic hydroxyl groups is 3. The molecule has 1 unspecified atom stereocenters. The predicted molar refractivity (Wildman–Crippen MR) is 55.8 cm³/mol. The van der Waals surface area contributed by atoms with Crippen molar-refractivity contribution < 1.29 is 24.9 Å². The van der Waals surface area contributed by atoms with Gasteiger partial charge in [0, 0.05) is 12.3 Å². The van der Waals surface area contributed by atoms with Crippen molar-refractivity contribution in [2.45, 2.75) is 31.2 Å². The molecule has 0 aliphatic carbocycles. The Balaban J connectivity index is 2.26. The molecule has 17 heavy (non-hydrogen) atoms. The maximum Gasteiger partial charge on any atom is 0.248 e. The Morgan fingerprint density at radius 3 is 2.71 bits per heavy atom. The van der Waals surface area contributed by atoms with Crippen LogP contribution in [0.3, 0.4) is 0 Å². The van der Waals surface area contributed by atoms with Crippen LogP contribution in [0.2, 0.25) is 0 Å². The Hall–Kier alpha value is -1.57. The average Bonchev–Trinajstić information content (AvgIpc) is 2.43. The molecular weight excluding hydrogens is 228 g/mol. The molecule has 0 radical (unpaired) electrons. The maximum atomic E-state index is 11.0. The van der Waals surface area contributed by atoms with E-state index >= 15 is 0 Å². The third-order valence-electron chi connectivity index (χ3n) is 2.84. The highest BCUT2D eigenvalue weighted by molar-refractivity contribution is 5.88. The summed E-state index contributed by atoms with van der Waals surface area (Å²) in [5, 5.41) is 31.6. The van der Waals surface area contributed by atoms with Gasteiger partial charge < -0.3 is 25.4 Å². The van der Waals surface area contributed by atoms with E-state index < -0.39 is 30.2 Å². The molecule has 4 N–H and O–H groups in total. The molecule has 0 bridgehead atoms. The second-order valence-corrected chi connectivity index (χ2v) is 4.21. The van der Waals surface area contributed by atoms with E-state index in [2.05, 4.69) is 11.9 Å². The average molecular weight is 242 g/mol. The van der Waals surface area contributed by atoms with E-state index in [4.69, 9.17) is 4.74 Å². The highest BCUT2D eigenvalue weighted by Crippen LogP contribution is 2.35. The lowest BCUT2D eigenvalue weighted by atomic mass is 9.98. The first-order valence-corrected chi connectivity index (χ1v) is 5.04. The summed E-state index contributed by atoms with van der Waals surface area (Å²) in [5.74, 6) is -0.441. The molecule has 7 heteroatoms. The number of nitrogens with zero attached hydrogens (tertiary/aromatic N) is 1. The highest BCUT2D eigenvalue weighted by Gasteiger charge is 2.53. The zero-order chi connectivity index (χ0) is 12.8. The molecule has 2 aliphatic heterocycles. The monoisotopic (exact) mass is 242 g/mol. The van der Waals surface area contributed by atoms with Crippen LogP contribution in [0.5, 0.6) is 0 Å². The van der Waals surface area contributed by atoms with Gasteiger partial charge in [-0.1, -0.05) is 6.58 Å². The molecule has 7 nitrogen and oxygen atoms in total. The van der Waals surface area contributed by atoms with Gasteiger partial charge >= 0.3 is 0 Å². The van der Waals surface area contributed by atoms with E-state index in [-0.39, 0.29) is 5.76 Å². The zero-order valence-electron chi connectivity index (χ0n) is 9.20. The quantitative estimate of drug-likeness (QED) is 0.432. The topological polar surface area (TPSA) is 102 Å². The summed E-state index contributed by atoms with van der Waals surface area (Å²) in [6.45, 7) is 4.82. The number of nitrogens with one attached hydrogen (secondary N) is 1. The Bertz CT molecular complexity index is 392. The molecule has 0 aromatic carbocycles. The van der Waals surface area contributed by atoms with Gasteiger partial charge in [-0.2, -0.15) is 0 Å². The highest BCUT2D eigenvalue weighted by atomic mass is 16.6. The molecular formula is C10H14N2O5. The smallest absolute Gasteiger partial charge is 0.248 e. The lowest BCUT2D eigenvalue weighted by molar-refractivity contribution is -0.166. The molecule has 0 saturated carbocycles. The first-order valence-electron chi connectivity index (χ1n) is 5.04. The van der Waals surface area contributed by atoms with Crippen LogP contribution in [0.25, 0.3) is 0 Å². The van der Waals surface area contributed by atoms with Crippen molar-refractivity contribution in [3.8, 4) is 0 Å². The van der Waals surface area contributed by atoms with Gasteiger partial charge in [-0.25, -0.2) is 0 Å². The summed E-state index contributed by atoms with van der Waals surface area (Å²) in [6, 6.07) is 0. The normalized spacial score (nSPS) is 41.4. The number of hydrogen-bond acceptors (Lipinski definition) is 6. The summed E-state index contributed by atoms with van der Waals surface area (Å²) in [4.78, 5) is 12.2. The number of amides is 1. The number of aliphatic hydroxyl groups excluding tert-OH is 2. The predicted octanol–water partition coefficient (Wildman–Crippen LogP) is -1.81. The van der Waals surface area contributed by atoms with E-state index in [1.165, 1.54) is 24.1 Å². The third kappa shape index (κ3) is 1.78. The fourth-order valence-electron chi connectivity index (χ4n) is 1.84. The number of carbonyl (C=O) groups excluding carboxylic acids is 1. The maximum absolute atomic E-state index is 11.0. The minimum Gasteiger partial charge on any atom is -0.469 e. The molecule has 1 amide bonds. The zero-order valence-corrected chi connectivity index (χ0v) is 9.20. The number of hydrogen-bond donors (Lipinski definition) is 4. The van der Waals surface area contributed by atoms with Crippen molar-refractivity contribution in [1.82, 2.24) is 10.2 Å². The van der Waals surface area contributed by atoms with E-state index in [0.717, 1.165) is 0 Å². The van der Waals surface area contributed by atoms with Gasteiger partial charge in [-0.3, -0.25) is 9.69 Å². The van der Waals surface area contributed by atoms with E-state index in [0.29, 0.717) is 0 Å². The molecule has 94 valence electrons.